The quantitative estimate of drug-likeness (QED) is 0.176. The van der Waals surface area contributed by atoms with Crippen LogP contribution in [-0.4, -0.2) is 61.8 Å². The molecular formula is C33H38FNO8. The third-order valence-corrected chi connectivity index (χ3v) is 6.44. The van der Waals surface area contributed by atoms with Crippen molar-refractivity contribution in [3.63, 3.8) is 0 Å². The van der Waals surface area contributed by atoms with Crippen LogP contribution in [0, 0.1) is 5.82 Å². The number of esters is 2. The zero-order valence-electron chi connectivity index (χ0n) is 25.0. The summed E-state index contributed by atoms with van der Waals surface area (Å²) in [6, 6.07) is 14.4. The van der Waals surface area contributed by atoms with E-state index in [1.807, 2.05) is 12.1 Å². The minimum absolute atomic E-state index is 0.0892. The molecule has 43 heavy (non-hydrogen) atoms. The van der Waals surface area contributed by atoms with Crippen LogP contribution in [0.3, 0.4) is 0 Å². The molecule has 9 nitrogen and oxygen atoms in total. The molecule has 3 aromatic rings. The molecule has 0 radical (unpaired) electrons. The lowest BCUT2D eigenvalue weighted by Crippen LogP contribution is -2.21. The van der Waals surface area contributed by atoms with Gasteiger partial charge in [-0.1, -0.05) is 18.2 Å². The Morgan fingerprint density at radius 2 is 1.58 bits per heavy atom. The number of halogens is 1. The van der Waals surface area contributed by atoms with E-state index in [1.165, 1.54) is 17.0 Å². The summed E-state index contributed by atoms with van der Waals surface area (Å²) in [6.07, 6.45) is 1.16. The molecule has 0 saturated carbocycles. The van der Waals surface area contributed by atoms with Crippen LogP contribution in [0.1, 0.15) is 54.6 Å². The summed E-state index contributed by atoms with van der Waals surface area (Å²) in [5.41, 5.74) is 2.93. The molecular weight excluding hydrogens is 557 g/mol. The lowest BCUT2D eigenvalue weighted by Gasteiger charge is -2.18. The van der Waals surface area contributed by atoms with Gasteiger partial charge in [0, 0.05) is 38.1 Å². The third-order valence-electron chi connectivity index (χ3n) is 6.44. The molecule has 0 aliphatic heterocycles. The molecule has 1 amide bonds. The average molecular weight is 596 g/mol. The minimum Gasteiger partial charge on any atom is -0.505 e. The van der Waals surface area contributed by atoms with Gasteiger partial charge in [-0.2, -0.15) is 0 Å². The molecule has 10 heteroatoms. The predicted octanol–water partition coefficient (Wildman–Crippen LogP) is 5.70. The van der Waals surface area contributed by atoms with E-state index in [0.717, 1.165) is 17.2 Å². The summed E-state index contributed by atoms with van der Waals surface area (Å²) in [5.74, 6) is -1.20. The fraction of sp³-hybridized carbons (Fsp3) is 0.364. The number of hydrogen-bond acceptors (Lipinski definition) is 8. The zero-order valence-corrected chi connectivity index (χ0v) is 25.0. The Balaban J connectivity index is 1.88. The number of ether oxygens (including phenoxy) is 4. The predicted molar refractivity (Wildman–Crippen MR) is 159 cm³/mol. The lowest BCUT2D eigenvalue weighted by atomic mass is 10.0. The number of phenolic OH excluding ortho intramolecular Hbond substituents is 1. The van der Waals surface area contributed by atoms with E-state index in [2.05, 4.69) is 0 Å². The molecule has 0 aromatic heterocycles. The van der Waals surface area contributed by atoms with Crippen LogP contribution in [0.15, 0.2) is 54.6 Å². The number of amides is 1. The summed E-state index contributed by atoms with van der Waals surface area (Å²) >= 11 is 0. The summed E-state index contributed by atoms with van der Waals surface area (Å²) < 4.78 is 36.0. The highest BCUT2D eigenvalue weighted by atomic mass is 19.1. The Bertz CT molecular complexity index is 1420. The van der Waals surface area contributed by atoms with Gasteiger partial charge in [0.05, 0.1) is 19.8 Å². The number of aromatic hydroxyl groups is 1. The van der Waals surface area contributed by atoms with Crippen molar-refractivity contribution in [3.05, 3.63) is 77.1 Å². The molecule has 3 aromatic carbocycles. The second-order valence-electron chi connectivity index (χ2n) is 9.86. The number of carbonyl (C=O) groups excluding carboxylic acids is 3. The summed E-state index contributed by atoms with van der Waals surface area (Å²) in [4.78, 5) is 38.1. The molecule has 1 N–H and O–H groups in total. The van der Waals surface area contributed by atoms with E-state index < -0.39 is 11.6 Å². The van der Waals surface area contributed by atoms with Crippen LogP contribution in [0.2, 0.25) is 0 Å². The first-order chi connectivity index (χ1) is 20.6. The average Bonchev–Trinajstić information content (AvgIpc) is 2.98. The van der Waals surface area contributed by atoms with Crippen molar-refractivity contribution in [2.45, 2.75) is 46.1 Å². The van der Waals surface area contributed by atoms with Crippen LogP contribution in [-0.2, 0) is 32.1 Å². The first kappa shape index (κ1) is 32.9. The van der Waals surface area contributed by atoms with Crippen LogP contribution in [0.4, 0.5) is 4.39 Å². The van der Waals surface area contributed by atoms with Crippen molar-refractivity contribution in [2.75, 3.05) is 33.9 Å². The number of rotatable bonds is 15. The van der Waals surface area contributed by atoms with Gasteiger partial charge in [-0.25, -0.2) is 4.39 Å². The smallest absolute Gasteiger partial charge is 0.306 e. The van der Waals surface area contributed by atoms with Crippen LogP contribution in [0.25, 0.3) is 11.1 Å². The summed E-state index contributed by atoms with van der Waals surface area (Å²) in [5, 5.41) is 9.91. The second-order valence-corrected chi connectivity index (χ2v) is 9.86. The molecule has 0 bridgehead atoms. The second kappa shape index (κ2) is 16.1. The molecule has 0 saturated heterocycles. The molecule has 230 valence electrons. The molecule has 0 aliphatic carbocycles. The van der Waals surface area contributed by atoms with Gasteiger partial charge in [0.25, 0.3) is 5.91 Å². The molecule has 0 fully saturated rings. The van der Waals surface area contributed by atoms with Crippen molar-refractivity contribution in [1.82, 2.24) is 4.90 Å². The first-order valence-electron chi connectivity index (χ1n) is 14.2. The Kier molecular flexibility index (Phi) is 12.4. The summed E-state index contributed by atoms with van der Waals surface area (Å²) in [7, 11) is 3.26. The van der Waals surface area contributed by atoms with Crippen molar-refractivity contribution in [2.24, 2.45) is 0 Å². The highest BCUT2D eigenvalue weighted by molar-refractivity contribution is 5.95. The highest BCUT2D eigenvalue weighted by Gasteiger charge is 2.16. The molecule has 0 spiro atoms. The first-order valence-corrected chi connectivity index (χ1v) is 14.2. The Labute approximate surface area is 251 Å². The van der Waals surface area contributed by atoms with Gasteiger partial charge < -0.3 is 29.0 Å². The number of hydrogen-bond donors (Lipinski definition) is 1. The van der Waals surface area contributed by atoms with Gasteiger partial charge in [-0.3, -0.25) is 14.4 Å². The van der Waals surface area contributed by atoms with Gasteiger partial charge in [0.15, 0.2) is 11.6 Å². The maximum absolute atomic E-state index is 13.7. The van der Waals surface area contributed by atoms with Crippen LogP contribution >= 0.6 is 0 Å². The Morgan fingerprint density at radius 3 is 2.26 bits per heavy atom. The molecule has 0 aliphatic rings. The molecule has 0 unspecified atom stereocenters. The van der Waals surface area contributed by atoms with Gasteiger partial charge in [-0.15, -0.1) is 0 Å². The Morgan fingerprint density at radius 1 is 0.860 bits per heavy atom. The minimum atomic E-state index is -0.751. The van der Waals surface area contributed by atoms with Gasteiger partial charge in [0.1, 0.15) is 18.1 Å². The lowest BCUT2D eigenvalue weighted by molar-refractivity contribution is -0.144. The standard InChI is InChI=1S/C33H38FNO8/c1-5-40-31(37)11-8-16-42-30-10-7-9-23(27(30)13-15-32(38)41-6-2)21-43-26-18-24(17-25(19-26)33(39)35(3)4)22-12-14-28(34)29(36)20-22/h7,9-10,12,14,17-20,36H,5-6,8,11,13,15-16,21H2,1-4H3. The van der Waals surface area contributed by atoms with Gasteiger partial charge in [-0.05, 0) is 79.8 Å². The Hall–Kier alpha value is -4.60. The van der Waals surface area contributed by atoms with E-state index in [-0.39, 0.29) is 50.5 Å². The monoisotopic (exact) mass is 595 g/mol. The third kappa shape index (κ3) is 9.73. The van der Waals surface area contributed by atoms with Crippen molar-refractivity contribution < 1.29 is 42.8 Å². The number of phenols is 1. The van der Waals surface area contributed by atoms with E-state index in [9.17, 15) is 23.9 Å². The molecule has 3 rings (SSSR count). The zero-order chi connectivity index (χ0) is 31.4. The van der Waals surface area contributed by atoms with E-state index in [0.29, 0.717) is 47.6 Å². The van der Waals surface area contributed by atoms with Crippen molar-refractivity contribution in [1.29, 1.82) is 0 Å². The maximum Gasteiger partial charge on any atom is 0.306 e. The SMILES string of the molecule is CCOC(=O)CCCOc1cccc(COc2cc(C(=O)N(C)C)cc(-c3ccc(F)c(O)c3)c2)c1CCC(=O)OCC. The fourth-order valence-corrected chi connectivity index (χ4v) is 4.34. The summed E-state index contributed by atoms with van der Waals surface area (Å²) in [6.45, 7) is 4.46. The molecule has 0 atom stereocenters. The van der Waals surface area contributed by atoms with Crippen LogP contribution < -0.4 is 9.47 Å². The van der Waals surface area contributed by atoms with Gasteiger partial charge >= 0.3 is 11.9 Å². The topological polar surface area (TPSA) is 112 Å². The molecule has 0 heterocycles. The highest BCUT2D eigenvalue weighted by Crippen LogP contribution is 2.31. The fourth-order valence-electron chi connectivity index (χ4n) is 4.34. The van der Waals surface area contributed by atoms with E-state index in [1.54, 1.807) is 52.2 Å². The van der Waals surface area contributed by atoms with Crippen molar-refractivity contribution in [3.8, 4) is 28.4 Å². The maximum atomic E-state index is 13.7. The normalized spacial score (nSPS) is 10.6. The van der Waals surface area contributed by atoms with E-state index in [4.69, 9.17) is 18.9 Å². The number of benzene rings is 3. The van der Waals surface area contributed by atoms with Crippen molar-refractivity contribution >= 4 is 17.8 Å². The van der Waals surface area contributed by atoms with Gasteiger partial charge in [0.2, 0.25) is 0 Å². The largest absolute Gasteiger partial charge is 0.505 e. The van der Waals surface area contributed by atoms with E-state index >= 15 is 0 Å². The number of nitrogens with zero attached hydrogens (tertiary/aromatic N) is 1. The number of carbonyl (C=O) groups is 3. The van der Waals surface area contributed by atoms with Crippen LogP contribution in [0.5, 0.6) is 17.2 Å².